The fraction of sp³-hybridized carbons (Fsp3) is 0.286. The molecular weight excluding hydrogens is 180 g/mol. The first-order valence-corrected chi connectivity index (χ1v) is 3.79. The average molecular weight is 189 g/mol. The van der Waals surface area contributed by atoms with Gasteiger partial charge in [-0.2, -0.15) is 0 Å². The lowest BCUT2D eigenvalue weighted by molar-refractivity contribution is 0.186. The van der Waals surface area contributed by atoms with E-state index in [0.29, 0.717) is 5.56 Å². The lowest BCUT2D eigenvalue weighted by Crippen LogP contribution is -2.14. The second-order valence-electron chi connectivity index (χ2n) is 2.36. The minimum absolute atomic E-state index is 0.0556. The fourth-order valence-corrected chi connectivity index (χ4v) is 0.980. The number of aromatic nitrogens is 1. The van der Waals surface area contributed by atoms with E-state index in [2.05, 4.69) is 4.98 Å². The Labute approximate surface area is 74.0 Å². The van der Waals surface area contributed by atoms with Crippen molar-refractivity contribution in [2.24, 2.45) is 5.73 Å². The summed E-state index contributed by atoms with van der Waals surface area (Å²) in [7, 11) is 0. The van der Waals surface area contributed by atoms with Gasteiger partial charge >= 0.3 is 0 Å². The number of rotatable bonds is 2. The molecule has 0 aliphatic carbocycles. The Bertz CT molecular complexity index is 323. The summed E-state index contributed by atoms with van der Waals surface area (Å²) in [5.41, 5.74) is 5.35. The van der Waals surface area contributed by atoms with Gasteiger partial charge < -0.3 is 15.8 Å². The minimum atomic E-state index is -0.778. The molecule has 66 valence electrons. The van der Waals surface area contributed by atoms with Crippen molar-refractivity contribution in [3.63, 3.8) is 0 Å². The summed E-state index contributed by atoms with van der Waals surface area (Å²) >= 11 is 5.52. The highest BCUT2D eigenvalue weighted by Crippen LogP contribution is 2.11. The number of pyridine rings is 1. The molecular formula is C7H9ClN2O2. The zero-order chi connectivity index (χ0) is 9.14. The summed E-state index contributed by atoms with van der Waals surface area (Å²) in [6, 6.07) is 1.40. The Morgan fingerprint density at radius 2 is 2.42 bits per heavy atom. The Balaban J connectivity index is 3.04. The molecule has 0 spiro atoms. The number of H-pyrrole nitrogens is 1. The van der Waals surface area contributed by atoms with Crippen LogP contribution in [0, 0.1) is 0 Å². The summed E-state index contributed by atoms with van der Waals surface area (Å²) < 4.78 is 0. The molecule has 0 amide bonds. The number of hydrogen-bond acceptors (Lipinski definition) is 3. The number of aromatic amines is 1. The average Bonchev–Trinajstić information content (AvgIpc) is 2.08. The van der Waals surface area contributed by atoms with Crippen molar-refractivity contribution in [2.75, 3.05) is 6.54 Å². The van der Waals surface area contributed by atoms with Crippen LogP contribution in [-0.2, 0) is 0 Å². The van der Waals surface area contributed by atoms with Crippen molar-refractivity contribution in [3.8, 4) is 0 Å². The van der Waals surface area contributed by atoms with Crippen LogP contribution in [0.25, 0.3) is 0 Å². The maximum atomic E-state index is 10.8. The Morgan fingerprint density at radius 3 is 2.92 bits per heavy atom. The van der Waals surface area contributed by atoms with E-state index in [4.69, 9.17) is 17.3 Å². The van der Waals surface area contributed by atoms with E-state index in [1.54, 1.807) is 0 Å². The van der Waals surface area contributed by atoms with Gasteiger partial charge in [0, 0.05) is 12.7 Å². The molecule has 12 heavy (non-hydrogen) atoms. The van der Waals surface area contributed by atoms with Gasteiger partial charge in [0.2, 0.25) is 0 Å². The molecule has 0 fully saturated rings. The first kappa shape index (κ1) is 9.25. The monoisotopic (exact) mass is 188 g/mol. The molecule has 0 aromatic carbocycles. The van der Waals surface area contributed by atoms with Gasteiger partial charge in [0.05, 0.1) is 6.10 Å². The molecule has 1 aromatic heterocycles. The molecule has 0 bridgehead atoms. The third-order valence-electron chi connectivity index (χ3n) is 1.49. The highest BCUT2D eigenvalue weighted by atomic mass is 35.5. The van der Waals surface area contributed by atoms with E-state index < -0.39 is 6.10 Å². The van der Waals surface area contributed by atoms with Crippen LogP contribution in [0.1, 0.15) is 11.7 Å². The standard InChI is InChI=1S/C7H9ClN2O2/c8-5-1-4(6(11)2-9)3-10-7(5)12/h1,3,6,11H,2,9H2,(H,10,12). The molecule has 5 heteroatoms. The molecule has 4 N–H and O–H groups in total. The van der Waals surface area contributed by atoms with Crippen molar-refractivity contribution in [2.45, 2.75) is 6.10 Å². The molecule has 0 saturated carbocycles. The molecule has 1 atom stereocenters. The van der Waals surface area contributed by atoms with E-state index in [0.717, 1.165) is 0 Å². The largest absolute Gasteiger partial charge is 0.387 e. The maximum Gasteiger partial charge on any atom is 0.266 e. The third kappa shape index (κ3) is 1.85. The number of aliphatic hydroxyl groups is 1. The van der Waals surface area contributed by atoms with Crippen LogP contribution in [-0.4, -0.2) is 16.6 Å². The lowest BCUT2D eigenvalue weighted by atomic mass is 10.2. The SMILES string of the molecule is NCC(O)c1c[nH]c(=O)c(Cl)c1. The summed E-state index contributed by atoms with van der Waals surface area (Å²) in [6.07, 6.45) is 0.616. The first-order chi connectivity index (χ1) is 5.65. The van der Waals surface area contributed by atoms with Crippen molar-refractivity contribution in [3.05, 3.63) is 33.2 Å². The number of aliphatic hydroxyl groups excluding tert-OH is 1. The van der Waals surface area contributed by atoms with Crippen LogP contribution in [0.15, 0.2) is 17.1 Å². The van der Waals surface area contributed by atoms with Gasteiger partial charge in [-0.25, -0.2) is 0 Å². The quantitative estimate of drug-likeness (QED) is 0.612. The van der Waals surface area contributed by atoms with Crippen LogP contribution in [0.4, 0.5) is 0 Å². The Hall–Kier alpha value is -0.840. The van der Waals surface area contributed by atoms with Gasteiger partial charge in [0.1, 0.15) is 5.02 Å². The van der Waals surface area contributed by atoms with Crippen LogP contribution in [0.2, 0.25) is 5.02 Å². The van der Waals surface area contributed by atoms with Crippen molar-refractivity contribution < 1.29 is 5.11 Å². The maximum absolute atomic E-state index is 10.8. The first-order valence-electron chi connectivity index (χ1n) is 3.41. The number of halogens is 1. The zero-order valence-corrected chi connectivity index (χ0v) is 7.01. The third-order valence-corrected chi connectivity index (χ3v) is 1.77. The number of hydrogen-bond donors (Lipinski definition) is 3. The van der Waals surface area contributed by atoms with Crippen LogP contribution in [0.3, 0.4) is 0 Å². The normalized spacial score (nSPS) is 12.9. The van der Waals surface area contributed by atoms with Crippen LogP contribution >= 0.6 is 11.6 Å². The van der Waals surface area contributed by atoms with Crippen LogP contribution in [0.5, 0.6) is 0 Å². The molecule has 0 aliphatic heterocycles. The highest BCUT2D eigenvalue weighted by molar-refractivity contribution is 6.30. The second-order valence-corrected chi connectivity index (χ2v) is 2.77. The zero-order valence-electron chi connectivity index (χ0n) is 6.25. The van der Waals surface area contributed by atoms with Gasteiger partial charge in [-0.15, -0.1) is 0 Å². The Kier molecular flexibility index (Phi) is 2.86. The van der Waals surface area contributed by atoms with Crippen molar-refractivity contribution >= 4 is 11.6 Å². The predicted octanol–water partition coefficient (Wildman–Crippen LogP) is 0.0204. The number of nitrogens with one attached hydrogen (secondary N) is 1. The molecule has 4 nitrogen and oxygen atoms in total. The van der Waals surface area contributed by atoms with Gasteiger partial charge in [0.25, 0.3) is 5.56 Å². The molecule has 1 heterocycles. The van der Waals surface area contributed by atoms with E-state index >= 15 is 0 Å². The summed E-state index contributed by atoms with van der Waals surface area (Å²) in [5, 5.41) is 9.29. The summed E-state index contributed by atoms with van der Waals surface area (Å²) in [6.45, 7) is 0.0996. The van der Waals surface area contributed by atoms with E-state index in [9.17, 15) is 9.90 Å². The molecule has 1 rings (SSSR count). The van der Waals surface area contributed by atoms with E-state index in [-0.39, 0.29) is 17.1 Å². The predicted molar refractivity (Wildman–Crippen MR) is 46.1 cm³/mol. The summed E-state index contributed by atoms with van der Waals surface area (Å²) in [5.74, 6) is 0. The fourth-order valence-electron chi connectivity index (χ4n) is 0.800. The van der Waals surface area contributed by atoms with Gasteiger partial charge in [0.15, 0.2) is 0 Å². The van der Waals surface area contributed by atoms with Crippen molar-refractivity contribution in [1.29, 1.82) is 0 Å². The molecule has 1 aromatic rings. The van der Waals surface area contributed by atoms with Gasteiger partial charge in [-0.1, -0.05) is 11.6 Å². The minimum Gasteiger partial charge on any atom is -0.387 e. The van der Waals surface area contributed by atoms with Gasteiger partial charge in [-0.05, 0) is 11.6 Å². The molecule has 0 radical (unpaired) electrons. The number of nitrogens with two attached hydrogens (primary N) is 1. The highest BCUT2D eigenvalue weighted by Gasteiger charge is 2.06. The topological polar surface area (TPSA) is 79.1 Å². The lowest BCUT2D eigenvalue weighted by Gasteiger charge is -2.06. The van der Waals surface area contributed by atoms with Gasteiger partial charge in [-0.3, -0.25) is 4.79 Å². The van der Waals surface area contributed by atoms with Crippen LogP contribution < -0.4 is 11.3 Å². The summed E-state index contributed by atoms with van der Waals surface area (Å²) in [4.78, 5) is 13.2. The molecule has 1 unspecified atom stereocenters. The van der Waals surface area contributed by atoms with Crippen molar-refractivity contribution in [1.82, 2.24) is 4.98 Å². The smallest absolute Gasteiger partial charge is 0.266 e. The van der Waals surface area contributed by atoms with E-state index in [1.165, 1.54) is 12.3 Å². The molecule has 0 saturated heterocycles. The van der Waals surface area contributed by atoms with E-state index in [1.807, 2.05) is 0 Å². The molecule has 0 aliphatic rings. The Morgan fingerprint density at radius 1 is 1.75 bits per heavy atom. The second kappa shape index (κ2) is 3.71.